The number of carbonyl (C=O) groups excluding carboxylic acids is 3. The van der Waals surface area contributed by atoms with Crippen LogP contribution in [0, 0.1) is 5.41 Å². The number of nitrogens with zero attached hydrogens (tertiary/aromatic N) is 2. The average molecular weight is 601 g/mol. The fourth-order valence-electron chi connectivity index (χ4n) is 4.30. The van der Waals surface area contributed by atoms with Crippen LogP contribution in [0.4, 0.5) is 13.9 Å². The van der Waals surface area contributed by atoms with Gasteiger partial charge in [0.1, 0.15) is 12.1 Å². The fraction of sp³-hybridized carbons (Fsp3) is 0.417. The van der Waals surface area contributed by atoms with Crippen LogP contribution in [0.3, 0.4) is 0 Å². The van der Waals surface area contributed by atoms with Crippen molar-refractivity contribution < 1.29 is 37.5 Å². The molecule has 0 unspecified atom stereocenters. The summed E-state index contributed by atoms with van der Waals surface area (Å²) in [4.78, 5) is 63.5. The van der Waals surface area contributed by atoms with E-state index in [0.29, 0.717) is 29.2 Å². The van der Waals surface area contributed by atoms with Gasteiger partial charge in [0.15, 0.2) is 5.13 Å². The van der Waals surface area contributed by atoms with E-state index in [9.17, 15) is 27.7 Å². The standard InChI is InChI=1S/C24H27F2N4O6PS2/c1-23(2,3)18(21(33)30-9-4-5-15(30)19(31)29-22-27-8-10-38-22)28-20(32)17-12-13-11-14(6-7-16(13)39-17)24(25,26)37(34,35)36/h6-8,10-12,15,18H,4-5,9H2,1-3H3,(H,28,32)(H,27,29,31)(H2,34,35,36)/t15-,18+/m0/s1. The van der Waals surface area contributed by atoms with Crippen LogP contribution in [0.5, 0.6) is 0 Å². The minimum absolute atomic E-state index is 0.128. The van der Waals surface area contributed by atoms with Crippen LogP contribution in [-0.2, 0) is 19.8 Å². The summed E-state index contributed by atoms with van der Waals surface area (Å²) in [6.07, 6.45) is 2.64. The van der Waals surface area contributed by atoms with Gasteiger partial charge in [-0.25, -0.2) is 4.98 Å². The van der Waals surface area contributed by atoms with Gasteiger partial charge in [-0.1, -0.05) is 26.8 Å². The molecule has 10 nitrogen and oxygen atoms in total. The molecule has 1 fully saturated rings. The summed E-state index contributed by atoms with van der Waals surface area (Å²) in [7, 11) is -5.75. The van der Waals surface area contributed by atoms with Gasteiger partial charge in [0.25, 0.3) is 5.91 Å². The van der Waals surface area contributed by atoms with Crippen molar-refractivity contribution in [3.63, 3.8) is 0 Å². The van der Waals surface area contributed by atoms with E-state index in [0.717, 1.165) is 23.5 Å². The molecule has 0 bridgehead atoms. The summed E-state index contributed by atoms with van der Waals surface area (Å²) in [6, 6.07) is 2.71. The number of rotatable bonds is 7. The molecule has 210 valence electrons. The molecule has 3 heterocycles. The number of nitrogens with one attached hydrogen (secondary N) is 2. The molecule has 1 aromatic carbocycles. The number of amides is 3. The normalized spacial score (nSPS) is 17.3. The molecule has 0 saturated carbocycles. The molecule has 1 saturated heterocycles. The number of benzene rings is 1. The number of thiazole rings is 1. The fourth-order valence-corrected chi connectivity index (χ4v) is 6.26. The molecule has 0 spiro atoms. The molecular formula is C24H27F2N4O6PS2. The largest absolute Gasteiger partial charge is 0.399 e. The highest BCUT2D eigenvalue weighted by Crippen LogP contribution is 2.59. The van der Waals surface area contributed by atoms with Gasteiger partial charge in [-0.15, -0.1) is 22.7 Å². The van der Waals surface area contributed by atoms with E-state index in [1.165, 1.54) is 28.4 Å². The number of hydrogen-bond donors (Lipinski definition) is 4. The third-order valence-corrected chi connectivity index (χ3v) is 9.14. The Morgan fingerprint density at radius 1 is 1.21 bits per heavy atom. The van der Waals surface area contributed by atoms with Crippen LogP contribution in [0.25, 0.3) is 10.1 Å². The lowest BCUT2D eigenvalue weighted by molar-refractivity contribution is -0.140. The van der Waals surface area contributed by atoms with Crippen molar-refractivity contribution in [2.24, 2.45) is 5.41 Å². The lowest BCUT2D eigenvalue weighted by atomic mass is 9.85. The summed E-state index contributed by atoms with van der Waals surface area (Å²) < 4.78 is 40.1. The first-order valence-corrected chi connectivity index (χ1v) is 15.2. The molecule has 1 aliphatic heterocycles. The number of fused-ring (bicyclic) bond motifs is 1. The van der Waals surface area contributed by atoms with E-state index in [1.807, 2.05) is 0 Å². The molecule has 4 N–H and O–H groups in total. The lowest BCUT2D eigenvalue weighted by Crippen LogP contribution is -2.57. The number of hydrogen-bond acceptors (Lipinski definition) is 7. The summed E-state index contributed by atoms with van der Waals surface area (Å²) in [5, 5.41) is 7.81. The third kappa shape index (κ3) is 6.04. The van der Waals surface area contributed by atoms with Crippen LogP contribution in [0.2, 0.25) is 0 Å². The van der Waals surface area contributed by atoms with Crippen molar-refractivity contribution in [1.82, 2.24) is 15.2 Å². The Balaban J connectivity index is 1.55. The molecule has 3 aromatic rings. The Hall–Kier alpha value is -2.77. The summed E-state index contributed by atoms with van der Waals surface area (Å²) in [6.45, 7) is 5.67. The first-order chi connectivity index (χ1) is 18.1. The number of likely N-dealkylation sites (tertiary alicyclic amines) is 1. The highest BCUT2D eigenvalue weighted by molar-refractivity contribution is 7.52. The third-order valence-electron chi connectivity index (χ3n) is 6.34. The van der Waals surface area contributed by atoms with Crippen LogP contribution in [0.1, 0.15) is 48.8 Å². The monoisotopic (exact) mass is 600 g/mol. The molecule has 3 amide bonds. The molecular weight excluding hydrogens is 573 g/mol. The second-order valence-electron chi connectivity index (χ2n) is 10.2. The van der Waals surface area contributed by atoms with Gasteiger partial charge in [0, 0.05) is 28.4 Å². The first-order valence-electron chi connectivity index (χ1n) is 11.9. The molecule has 0 radical (unpaired) electrons. The van der Waals surface area contributed by atoms with Crippen molar-refractivity contribution in [2.45, 2.75) is 51.4 Å². The Morgan fingerprint density at radius 3 is 2.54 bits per heavy atom. The van der Waals surface area contributed by atoms with Gasteiger partial charge < -0.3 is 25.3 Å². The average Bonchev–Trinajstić information content (AvgIpc) is 3.60. The van der Waals surface area contributed by atoms with E-state index >= 15 is 0 Å². The van der Waals surface area contributed by atoms with Gasteiger partial charge >= 0.3 is 13.3 Å². The van der Waals surface area contributed by atoms with E-state index in [4.69, 9.17) is 9.79 Å². The Morgan fingerprint density at radius 2 is 1.92 bits per heavy atom. The van der Waals surface area contributed by atoms with Crippen LogP contribution >= 0.6 is 30.3 Å². The van der Waals surface area contributed by atoms with E-state index in [-0.39, 0.29) is 16.2 Å². The smallest absolute Gasteiger partial charge is 0.339 e. The minimum atomic E-state index is -5.75. The maximum atomic E-state index is 14.2. The zero-order chi connectivity index (χ0) is 28.8. The quantitative estimate of drug-likeness (QED) is 0.295. The number of carbonyl (C=O) groups is 3. The first kappa shape index (κ1) is 29.2. The topological polar surface area (TPSA) is 149 Å². The highest BCUT2D eigenvalue weighted by atomic mass is 32.1. The van der Waals surface area contributed by atoms with Gasteiger partial charge in [-0.05, 0) is 41.8 Å². The number of anilines is 1. The summed E-state index contributed by atoms with van der Waals surface area (Å²) in [5.41, 5.74) is -5.99. The second-order valence-corrected chi connectivity index (χ2v) is 13.9. The second kappa shape index (κ2) is 10.7. The van der Waals surface area contributed by atoms with Crippen molar-refractivity contribution in [1.29, 1.82) is 0 Å². The maximum absolute atomic E-state index is 14.2. The van der Waals surface area contributed by atoms with Gasteiger partial charge in [0.2, 0.25) is 11.8 Å². The lowest BCUT2D eigenvalue weighted by Gasteiger charge is -2.35. The predicted molar refractivity (Wildman–Crippen MR) is 144 cm³/mol. The molecule has 2 aromatic heterocycles. The SMILES string of the molecule is CC(C)(C)[C@H](NC(=O)c1cc2cc(C(F)(F)P(=O)(O)O)ccc2s1)C(=O)N1CCC[C@H]1C(=O)Nc1nccs1. The van der Waals surface area contributed by atoms with E-state index in [2.05, 4.69) is 15.6 Å². The van der Waals surface area contributed by atoms with Crippen molar-refractivity contribution in [2.75, 3.05) is 11.9 Å². The number of alkyl halides is 2. The Labute approximate surface area is 230 Å². The van der Waals surface area contributed by atoms with Crippen LogP contribution in [-0.4, -0.2) is 56.0 Å². The van der Waals surface area contributed by atoms with Crippen LogP contribution in [0.15, 0.2) is 35.8 Å². The minimum Gasteiger partial charge on any atom is -0.339 e. The van der Waals surface area contributed by atoms with Crippen LogP contribution < -0.4 is 10.6 Å². The van der Waals surface area contributed by atoms with Gasteiger partial charge in [0.05, 0.1) is 4.88 Å². The predicted octanol–water partition coefficient (Wildman–Crippen LogP) is 4.36. The van der Waals surface area contributed by atoms with Crippen molar-refractivity contribution in [3.8, 4) is 0 Å². The van der Waals surface area contributed by atoms with Crippen molar-refractivity contribution >= 4 is 63.2 Å². The Kier molecular flexibility index (Phi) is 7.99. The van der Waals surface area contributed by atoms with E-state index < -0.39 is 48.1 Å². The summed E-state index contributed by atoms with van der Waals surface area (Å²) in [5.74, 6) is -1.39. The molecule has 0 aliphatic carbocycles. The zero-order valence-electron chi connectivity index (χ0n) is 21.2. The molecule has 15 heteroatoms. The maximum Gasteiger partial charge on any atom is 0.399 e. The summed E-state index contributed by atoms with van der Waals surface area (Å²) >= 11 is 2.25. The van der Waals surface area contributed by atoms with E-state index in [1.54, 1.807) is 32.3 Å². The number of thiophene rings is 1. The van der Waals surface area contributed by atoms with Gasteiger partial charge in [-0.3, -0.25) is 18.9 Å². The van der Waals surface area contributed by atoms with Gasteiger partial charge in [-0.2, -0.15) is 8.78 Å². The molecule has 4 rings (SSSR count). The zero-order valence-corrected chi connectivity index (χ0v) is 23.7. The van der Waals surface area contributed by atoms with Crippen molar-refractivity contribution in [3.05, 3.63) is 46.3 Å². The number of halogens is 2. The highest BCUT2D eigenvalue weighted by Gasteiger charge is 2.50. The number of aromatic nitrogens is 1. The molecule has 2 atom stereocenters. The molecule has 39 heavy (non-hydrogen) atoms. The Bertz CT molecular complexity index is 1450. The molecule has 1 aliphatic rings.